The van der Waals surface area contributed by atoms with Crippen molar-refractivity contribution in [2.45, 2.75) is 13.0 Å². The fourth-order valence-corrected chi connectivity index (χ4v) is 3.67. The predicted octanol–water partition coefficient (Wildman–Crippen LogP) is 4.40. The van der Waals surface area contributed by atoms with Crippen molar-refractivity contribution in [3.05, 3.63) is 82.1 Å². The Labute approximate surface area is 172 Å². The molecule has 1 N–H and O–H groups in total. The van der Waals surface area contributed by atoms with Crippen molar-refractivity contribution < 1.29 is 18.3 Å². The number of nitrogens with one attached hydrogen (secondary N) is 1. The van der Waals surface area contributed by atoms with Crippen molar-refractivity contribution in [1.82, 2.24) is 5.32 Å². The molecule has 0 saturated heterocycles. The van der Waals surface area contributed by atoms with Gasteiger partial charge in [0.15, 0.2) is 0 Å². The molecule has 1 aromatic heterocycles. The lowest BCUT2D eigenvalue weighted by molar-refractivity contribution is -0.119. The highest BCUT2D eigenvalue weighted by Crippen LogP contribution is 2.22. The van der Waals surface area contributed by atoms with Gasteiger partial charge in [0.25, 0.3) is 0 Å². The number of thiophene rings is 1. The number of ether oxygens (including phenoxy) is 1. The normalized spacial score (nSPS) is 10.6. The van der Waals surface area contributed by atoms with Crippen LogP contribution < -0.4 is 15.0 Å². The highest BCUT2D eigenvalue weighted by atomic mass is 32.1. The number of carbonyl (C=O) groups excluding carboxylic acids is 1. The van der Waals surface area contributed by atoms with Crippen molar-refractivity contribution in [3.63, 3.8) is 0 Å². The Morgan fingerprint density at radius 2 is 1.79 bits per heavy atom. The summed E-state index contributed by atoms with van der Waals surface area (Å²) in [5.41, 5.74) is 0.868. The van der Waals surface area contributed by atoms with Crippen LogP contribution >= 0.6 is 11.3 Å². The molecule has 1 amide bonds. The second-order valence-electron chi connectivity index (χ2n) is 6.43. The van der Waals surface area contributed by atoms with E-state index in [9.17, 15) is 13.6 Å². The van der Waals surface area contributed by atoms with E-state index in [-0.39, 0.29) is 31.0 Å². The topological polar surface area (TPSA) is 41.6 Å². The molecule has 29 heavy (non-hydrogen) atoms. The lowest BCUT2D eigenvalue weighted by Crippen LogP contribution is -2.37. The summed E-state index contributed by atoms with van der Waals surface area (Å²) in [6.45, 7) is 0.871. The molecule has 2 aromatic carbocycles. The van der Waals surface area contributed by atoms with Crippen LogP contribution in [0.2, 0.25) is 0 Å². The molecule has 0 saturated carbocycles. The van der Waals surface area contributed by atoms with E-state index in [1.54, 1.807) is 18.4 Å². The summed E-state index contributed by atoms with van der Waals surface area (Å²) >= 11 is 1.62. The summed E-state index contributed by atoms with van der Waals surface area (Å²) in [6.07, 6.45) is 0.0949. The van der Waals surface area contributed by atoms with Gasteiger partial charge in [-0.1, -0.05) is 12.1 Å². The second-order valence-corrected chi connectivity index (χ2v) is 7.47. The van der Waals surface area contributed by atoms with Crippen molar-refractivity contribution in [3.8, 4) is 5.75 Å². The molecule has 152 valence electrons. The monoisotopic (exact) mass is 416 g/mol. The summed E-state index contributed by atoms with van der Waals surface area (Å²) in [7, 11) is 1.60. The first-order valence-corrected chi connectivity index (χ1v) is 10.1. The van der Waals surface area contributed by atoms with E-state index in [2.05, 4.69) is 5.32 Å². The number of rotatable bonds is 9. The van der Waals surface area contributed by atoms with Crippen LogP contribution in [-0.2, 0) is 17.8 Å². The van der Waals surface area contributed by atoms with Crippen LogP contribution in [0.15, 0.2) is 60.0 Å². The minimum Gasteiger partial charge on any atom is -0.497 e. The Balaban J connectivity index is 1.62. The molecule has 0 bridgehead atoms. The first-order valence-electron chi connectivity index (χ1n) is 9.18. The molecule has 0 aliphatic heterocycles. The van der Waals surface area contributed by atoms with E-state index in [1.165, 1.54) is 18.2 Å². The molecule has 0 unspecified atom stereocenters. The van der Waals surface area contributed by atoms with Gasteiger partial charge in [0.2, 0.25) is 5.91 Å². The fraction of sp³-hybridized carbons (Fsp3) is 0.227. The van der Waals surface area contributed by atoms with Gasteiger partial charge < -0.3 is 15.0 Å². The predicted molar refractivity (Wildman–Crippen MR) is 111 cm³/mol. The van der Waals surface area contributed by atoms with Gasteiger partial charge in [-0.3, -0.25) is 4.79 Å². The summed E-state index contributed by atoms with van der Waals surface area (Å²) in [5, 5.41) is 4.74. The van der Waals surface area contributed by atoms with Crippen LogP contribution in [0.25, 0.3) is 0 Å². The van der Waals surface area contributed by atoms with Crippen LogP contribution in [0.4, 0.5) is 14.5 Å². The minimum atomic E-state index is -0.600. The molecule has 4 nitrogen and oxygen atoms in total. The smallest absolute Gasteiger partial charge is 0.239 e. The van der Waals surface area contributed by atoms with Crippen molar-refractivity contribution in [1.29, 1.82) is 0 Å². The Morgan fingerprint density at radius 1 is 1.07 bits per heavy atom. The fourth-order valence-electron chi connectivity index (χ4n) is 2.95. The van der Waals surface area contributed by atoms with Gasteiger partial charge in [-0.15, -0.1) is 11.3 Å². The van der Waals surface area contributed by atoms with Crippen LogP contribution in [0.3, 0.4) is 0 Å². The number of hydrogen-bond acceptors (Lipinski definition) is 4. The molecule has 0 aliphatic rings. The van der Waals surface area contributed by atoms with Gasteiger partial charge in [0.1, 0.15) is 17.4 Å². The van der Waals surface area contributed by atoms with Crippen LogP contribution in [0.5, 0.6) is 5.75 Å². The molecular formula is C22H22F2N2O2S. The Morgan fingerprint density at radius 3 is 2.41 bits per heavy atom. The van der Waals surface area contributed by atoms with E-state index < -0.39 is 11.6 Å². The molecule has 7 heteroatoms. The van der Waals surface area contributed by atoms with Gasteiger partial charge >= 0.3 is 0 Å². The summed E-state index contributed by atoms with van der Waals surface area (Å²) in [5.74, 6) is -0.677. The van der Waals surface area contributed by atoms with Crippen LogP contribution in [0, 0.1) is 11.6 Å². The second kappa shape index (κ2) is 10.0. The molecule has 0 radical (unpaired) electrons. The first kappa shape index (κ1) is 20.8. The zero-order valence-corrected chi connectivity index (χ0v) is 16.8. The minimum absolute atomic E-state index is 0.0154. The third-order valence-electron chi connectivity index (χ3n) is 4.46. The average molecular weight is 416 g/mol. The molecule has 0 spiro atoms. The summed E-state index contributed by atoms with van der Waals surface area (Å²) in [6, 6.07) is 15.2. The average Bonchev–Trinajstić information content (AvgIpc) is 3.23. The van der Waals surface area contributed by atoms with Crippen LogP contribution in [0.1, 0.15) is 10.4 Å². The van der Waals surface area contributed by atoms with E-state index in [0.717, 1.165) is 16.3 Å². The summed E-state index contributed by atoms with van der Waals surface area (Å²) < 4.78 is 32.6. The number of benzene rings is 2. The van der Waals surface area contributed by atoms with Gasteiger partial charge in [-0.05, 0) is 54.3 Å². The van der Waals surface area contributed by atoms with Gasteiger partial charge in [-0.2, -0.15) is 0 Å². The third-order valence-corrected chi connectivity index (χ3v) is 5.32. The highest BCUT2D eigenvalue weighted by molar-refractivity contribution is 7.09. The van der Waals surface area contributed by atoms with Crippen LogP contribution in [-0.4, -0.2) is 26.1 Å². The van der Waals surface area contributed by atoms with Crippen molar-refractivity contribution in [2.24, 2.45) is 0 Å². The van der Waals surface area contributed by atoms with Crippen molar-refractivity contribution >= 4 is 22.9 Å². The zero-order valence-electron chi connectivity index (χ0n) is 16.0. The molecule has 1 heterocycles. The lowest BCUT2D eigenvalue weighted by Gasteiger charge is -2.24. The molecule has 0 atom stereocenters. The number of anilines is 1. The molecule has 3 rings (SSSR count). The number of amides is 1. The quantitative estimate of drug-likeness (QED) is 0.562. The van der Waals surface area contributed by atoms with E-state index in [0.29, 0.717) is 6.54 Å². The largest absolute Gasteiger partial charge is 0.497 e. The molecule has 0 fully saturated rings. The lowest BCUT2D eigenvalue weighted by atomic mass is 10.1. The number of hydrogen-bond donors (Lipinski definition) is 1. The first-order chi connectivity index (χ1) is 14.1. The Bertz CT molecular complexity index is 910. The van der Waals surface area contributed by atoms with Crippen molar-refractivity contribution in [2.75, 3.05) is 25.1 Å². The van der Waals surface area contributed by atoms with E-state index in [1.807, 2.05) is 46.7 Å². The van der Waals surface area contributed by atoms with E-state index >= 15 is 0 Å². The van der Waals surface area contributed by atoms with Gasteiger partial charge in [0.05, 0.1) is 20.2 Å². The summed E-state index contributed by atoms with van der Waals surface area (Å²) in [4.78, 5) is 15.6. The highest BCUT2D eigenvalue weighted by Gasteiger charge is 2.14. The SMILES string of the molecule is COc1ccc(N(CC(=O)NCCc2c(F)cccc2F)Cc2cccs2)cc1. The zero-order chi connectivity index (χ0) is 20.6. The maximum absolute atomic E-state index is 13.7. The van der Waals surface area contributed by atoms with E-state index in [4.69, 9.17) is 4.74 Å². The number of nitrogens with zero attached hydrogens (tertiary/aromatic N) is 1. The number of carbonyl (C=O) groups is 1. The van der Waals surface area contributed by atoms with Gasteiger partial charge in [0, 0.05) is 22.7 Å². The maximum atomic E-state index is 13.7. The standard InChI is InChI=1S/C22H22F2N2O2S/c1-28-17-9-7-16(8-10-17)26(14-18-4-3-13-29-18)15-22(27)25-12-11-19-20(23)5-2-6-21(19)24/h2-10,13H,11-12,14-15H2,1H3,(H,25,27). The third kappa shape index (κ3) is 5.77. The molecule has 0 aliphatic carbocycles. The molecule has 3 aromatic rings. The molecular weight excluding hydrogens is 394 g/mol. The number of methoxy groups -OCH3 is 1. The number of halogens is 2. The Kier molecular flexibility index (Phi) is 7.19. The maximum Gasteiger partial charge on any atom is 0.239 e. The van der Waals surface area contributed by atoms with Gasteiger partial charge in [-0.25, -0.2) is 8.78 Å². The Hall–Kier alpha value is -2.93.